The van der Waals surface area contributed by atoms with Gasteiger partial charge in [0.1, 0.15) is 4.70 Å². The predicted molar refractivity (Wildman–Crippen MR) is 79.3 cm³/mol. The summed E-state index contributed by atoms with van der Waals surface area (Å²) >= 11 is 1.41. The van der Waals surface area contributed by atoms with E-state index in [0.29, 0.717) is 30.9 Å². The molecule has 0 aromatic carbocycles. The number of hydrogen-bond donors (Lipinski definition) is 1. The second kappa shape index (κ2) is 6.94. The molecule has 1 unspecified atom stereocenters. The maximum atomic E-state index is 12.2. The zero-order valence-electron chi connectivity index (χ0n) is 11.7. The van der Waals surface area contributed by atoms with Crippen molar-refractivity contribution in [1.29, 1.82) is 0 Å². The van der Waals surface area contributed by atoms with Crippen molar-refractivity contribution in [3.63, 3.8) is 0 Å². The van der Waals surface area contributed by atoms with Crippen LogP contribution in [0, 0.1) is 0 Å². The van der Waals surface area contributed by atoms with Crippen molar-refractivity contribution < 1.29 is 9.84 Å². The summed E-state index contributed by atoms with van der Waals surface area (Å²) in [6.45, 7) is 2.04. The van der Waals surface area contributed by atoms with Gasteiger partial charge in [0.2, 0.25) is 0 Å². The summed E-state index contributed by atoms with van der Waals surface area (Å²) in [6.07, 6.45) is 1.07. The Bertz CT molecular complexity index is 610. The fraction of sp³-hybridized carbons (Fsp3) is 0.538. The Kier molecular flexibility index (Phi) is 5.24. The summed E-state index contributed by atoms with van der Waals surface area (Å²) in [5, 5.41) is 11.5. The van der Waals surface area contributed by atoms with E-state index in [1.165, 1.54) is 11.3 Å². The molecule has 0 saturated carbocycles. The Morgan fingerprint density at radius 2 is 2.40 bits per heavy atom. The summed E-state index contributed by atoms with van der Waals surface area (Å²) in [5.41, 5.74) is 0.746. The van der Waals surface area contributed by atoms with E-state index in [-0.39, 0.29) is 5.56 Å². The minimum atomic E-state index is -0.514. The van der Waals surface area contributed by atoms with Crippen molar-refractivity contribution >= 4 is 21.6 Å². The molecular weight excluding hydrogens is 278 g/mol. The van der Waals surface area contributed by atoms with Crippen molar-refractivity contribution in [3.8, 4) is 0 Å². The zero-order valence-corrected chi connectivity index (χ0v) is 12.5. The molecule has 2 aromatic rings. The van der Waals surface area contributed by atoms with Gasteiger partial charge in [-0.2, -0.15) is 0 Å². The molecule has 0 saturated heterocycles. The first kappa shape index (κ1) is 15.1. The molecular formula is C13H19N3O3S. The molecule has 0 aliphatic heterocycles. The molecule has 6 nitrogen and oxygen atoms in total. The fourth-order valence-electron chi connectivity index (χ4n) is 2.01. The van der Waals surface area contributed by atoms with Gasteiger partial charge in [0, 0.05) is 26.7 Å². The topological polar surface area (TPSA) is 67.6 Å². The lowest BCUT2D eigenvalue weighted by molar-refractivity contribution is 0.0427. The number of hydrogen-bond acceptors (Lipinski definition) is 6. The SMILES string of the molecule is COCC(O)CN(C)CCn1cnc2ccsc2c1=O. The summed E-state index contributed by atoms with van der Waals surface area (Å²) in [5.74, 6) is 0. The van der Waals surface area contributed by atoms with E-state index in [0.717, 1.165) is 5.52 Å². The maximum absolute atomic E-state index is 12.2. The molecule has 2 rings (SSSR count). The molecule has 0 aliphatic carbocycles. The number of likely N-dealkylation sites (N-methyl/N-ethyl adjacent to an activating group) is 1. The van der Waals surface area contributed by atoms with Crippen molar-refractivity contribution in [2.75, 3.05) is 33.9 Å². The fourth-order valence-corrected chi connectivity index (χ4v) is 2.81. The summed E-state index contributed by atoms with van der Waals surface area (Å²) in [7, 11) is 3.46. The lowest BCUT2D eigenvalue weighted by Gasteiger charge is -2.20. The highest BCUT2D eigenvalue weighted by Gasteiger charge is 2.09. The van der Waals surface area contributed by atoms with Gasteiger partial charge >= 0.3 is 0 Å². The van der Waals surface area contributed by atoms with E-state index in [2.05, 4.69) is 4.98 Å². The number of aliphatic hydroxyl groups excluding tert-OH is 1. The van der Waals surface area contributed by atoms with Crippen LogP contribution in [-0.2, 0) is 11.3 Å². The van der Waals surface area contributed by atoms with Crippen molar-refractivity contribution in [3.05, 3.63) is 28.1 Å². The molecule has 0 radical (unpaired) electrons. The van der Waals surface area contributed by atoms with E-state index in [1.807, 2.05) is 23.4 Å². The maximum Gasteiger partial charge on any atom is 0.271 e. The highest BCUT2D eigenvalue weighted by atomic mass is 32.1. The van der Waals surface area contributed by atoms with Crippen LogP contribution in [0.2, 0.25) is 0 Å². The molecule has 0 aliphatic rings. The molecule has 20 heavy (non-hydrogen) atoms. The third-order valence-electron chi connectivity index (χ3n) is 3.04. The molecule has 110 valence electrons. The second-order valence-corrected chi connectivity index (χ2v) is 5.67. The van der Waals surface area contributed by atoms with Crippen LogP contribution in [0.5, 0.6) is 0 Å². The summed E-state index contributed by atoms with van der Waals surface area (Å²) < 4.78 is 7.18. The number of fused-ring (bicyclic) bond motifs is 1. The van der Waals surface area contributed by atoms with Crippen LogP contribution in [0.4, 0.5) is 0 Å². The average Bonchev–Trinajstić information content (AvgIpc) is 2.87. The van der Waals surface area contributed by atoms with E-state index in [1.54, 1.807) is 18.0 Å². The number of ether oxygens (including phenoxy) is 1. The Labute approximate surface area is 121 Å². The Hall–Kier alpha value is -1.28. The van der Waals surface area contributed by atoms with Crippen LogP contribution in [0.3, 0.4) is 0 Å². The van der Waals surface area contributed by atoms with E-state index in [9.17, 15) is 9.90 Å². The molecule has 1 atom stereocenters. The van der Waals surface area contributed by atoms with E-state index >= 15 is 0 Å². The van der Waals surface area contributed by atoms with Gasteiger partial charge in [-0.25, -0.2) is 4.98 Å². The third-order valence-corrected chi connectivity index (χ3v) is 3.93. The van der Waals surface area contributed by atoms with Crippen LogP contribution < -0.4 is 5.56 Å². The molecule has 0 spiro atoms. The van der Waals surface area contributed by atoms with Crippen LogP contribution in [-0.4, -0.2) is 59.5 Å². The van der Waals surface area contributed by atoms with Crippen LogP contribution in [0.15, 0.2) is 22.6 Å². The third kappa shape index (κ3) is 3.63. The zero-order chi connectivity index (χ0) is 14.5. The lowest BCUT2D eigenvalue weighted by Crippen LogP contribution is -2.35. The van der Waals surface area contributed by atoms with Gasteiger partial charge in [0.15, 0.2) is 0 Å². The molecule has 0 amide bonds. The molecule has 2 heterocycles. The molecule has 1 N–H and O–H groups in total. The first-order valence-electron chi connectivity index (χ1n) is 6.40. The molecule has 0 bridgehead atoms. The Morgan fingerprint density at radius 1 is 1.60 bits per heavy atom. The van der Waals surface area contributed by atoms with Gasteiger partial charge in [-0.15, -0.1) is 11.3 Å². The number of thiophene rings is 1. The summed E-state index contributed by atoms with van der Waals surface area (Å²) in [4.78, 5) is 18.4. The molecule has 2 aromatic heterocycles. The van der Waals surface area contributed by atoms with Crippen molar-refractivity contribution in [2.45, 2.75) is 12.6 Å². The quantitative estimate of drug-likeness (QED) is 0.801. The van der Waals surface area contributed by atoms with Crippen LogP contribution >= 0.6 is 11.3 Å². The monoisotopic (exact) mass is 297 g/mol. The first-order chi connectivity index (χ1) is 9.61. The molecule has 7 heteroatoms. The van der Waals surface area contributed by atoms with Crippen molar-refractivity contribution in [2.24, 2.45) is 0 Å². The minimum absolute atomic E-state index is 0.00385. The van der Waals surface area contributed by atoms with Gasteiger partial charge in [-0.1, -0.05) is 0 Å². The average molecular weight is 297 g/mol. The number of aromatic nitrogens is 2. The largest absolute Gasteiger partial charge is 0.389 e. The predicted octanol–water partition coefficient (Wildman–Crippen LogP) is 0.397. The van der Waals surface area contributed by atoms with Crippen LogP contribution in [0.25, 0.3) is 10.2 Å². The number of rotatable bonds is 7. The van der Waals surface area contributed by atoms with E-state index in [4.69, 9.17) is 4.74 Å². The number of methoxy groups -OCH3 is 1. The van der Waals surface area contributed by atoms with Gasteiger partial charge in [-0.05, 0) is 18.5 Å². The van der Waals surface area contributed by atoms with Gasteiger partial charge in [-0.3, -0.25) is 9.36 Å². The van der Waals surface area contributed by atoms with E-state index < -0.39 is 6.10 Å². The Balaban J connectivity index is 1.95. The highest BCUT2D eigenvalue weighted by Crippen LogP contribution is 2.12. The van der Waals surface area contributed by atoms with Crippen LogP contribution in [0.1, 0.15) is 0 Å². The summed E-state index contributed by atoms with van der Waals surface area (Å²) in [6, 6.07) is 1.85. The minimum Gasteiger partial charge on any atom is -0.389 e. The number of aliphatic hydroxyl groups is 1. The van der Waals surface area contributed by atoms with Gasteiger partial charge in [0.25, 0.3) is 5.56 Å². The second-order valence-electron chi connectivity index (χ2n) is 4.75. The van der Waals surface area contributed by atoms with Crippen molar-refractivity contribution in [1.82, 2.24) is 14.5 Å². The van der Waals surface area contributed by atoms with Gasteiger partial charge in [0.05, 0.1) is 24.6 Å². The normalized spacial score (nSPS) is 13.2. The first-order valence-corrected chi connectivity index (χ1v) is 7.28. The standard InChI is InChI=1S/C13H19N3O3S/c1-15(7-10(17)8-19-2)4-5-16-9-14-11-3-6-20-12(11)13(16)18/h3,6,9-10,17H,4-5,7-8H2,1-2H3. The lowest BCUT2D eigenvalue weighted by atomic mass is 10.3. The molecule has 0 fully saturated rings. The van der Waals surface area contributed by atoms with Gasteiger partial charge < -0.3 is 14.7 Å². The highest BCUT2D eigenvalue weighted by molar-refractivity contribution is 7.17. The Morgan fingerprint density at radius 3 is 3.15 bits per heavy atom. The smallest absolute Gasteiger partial charge is 0.271 e. The number of nitrogens with zero attached hydrogens (tertiary/aromatic N) is 3.